The number of pyridine rings is 1. The van der Waals surface area contributed by atoms with E-state index in [4.69, 9.17) is 0 Å². The molecule has 0 radical (unpaired) electrons. The Bertz CT molecular complexity index is 451. The predicted molar refractivity (Wildman–Crippen MR) is 82.0 cm³/mol. The molecule has 0 spiro atoms. The Morgan fingerprint density at radius 1 is 1.35 bits per heavy atom. The topological polar surface area (TPSA) is 45.2 Å². The van der Waals surface area contributed by atoms with E-state index in [1.807, 2.05) is 23.1 Å². The zero-order valence-corrected chi connectivity index (χ0v) is 12.7. The second-order valence-corrected chi connectivity index (χ2v) is 5.68. The van der Waals surface area contributed by atoms with Gasteiger partial charge in [0, 0.05) is 18.6 Å². The van der Waals surface area contributed by atoms with E-state index < -0.39 is 0 Å². The molecule has 1 aromatic heterocycles. The largest absolute Gasteiger partial charge is 0.370 e. The van der Waals surface area contributed by atoms with Crippen molar-refractivity contribution in [1.29, 1.82) is 0 Å². The van der Waals surface area contributed by atoms with Gasteiger partial charge in [0.05, 0.1) is 0 Å². The summed E-state index contributed by atoms with van der Waals surface area (Å²) in [7, 11) is 0. The molecule has 0 aromatic carbocycles. The first-order valence-corrected chi connectivity index (χ1v) is 7.67. The van der Waals surface area contributed by atoms with E-state index in [2.05, 4.69) is 31.1 Å². The number of hydrogen-bond donors (Lipinski definition) is 1. The van der Waals surface area contributed by atoms with Crippen molar-refractivity contribution in [2.45, 2.75) is 58.5 Å². The smallest absolute Gasteiger partial charge is 0.273 e. The second kappa shape index (κ2) is 6.73. The van der Waals surface area contributed by atoms with Gasteiger partial charge in [0.25, 0.3) is 5.91 Å². The van der Waals surface area contributed by atoms with Crippen LogP contribution in [0.3, 0.4) is 0 Å². The highest BCUT2D eigenvalue weighted by Gasteiger charge is 2.30. The summed E-state index contributed by atoms with van der Waals surface area (Å²) in [4.78, 5) is 19.1. The molecule has 1 aliphatic rings. The minimum Gasteiger partial charge on any atom is -0.370 e. The number of piperidine rings is 1. The van der Waals surface area contributed by atoms with Crippen LogP contribution in [0.4, 0.5) is 5.82 Å². The lowest BCUT2D eigenvalue weighted by Gasteiger charge is -2.38. The Morgan fingerprint density at radius 3 is 2.70 bits per heavy atom. The summed E-state index contributed by atoms with van der Waals surface area (Å²) in [6.07, 6.45) is 4.42. The Morgan fingerprint density at radius 2 is 2.05 bits per heavy atom. The van der Waals surface area contributed by atoms with Crippen LogP contribution in [0.15, 0.2) is 18.2 Å². The van der Waals surface area contributed by atoms with Crippen LogP contribution in [0.2, 0.25) is 0 Å². The Balaban J connectivity index is 2.15. The maximum atomic E-state index is 12.7. The van der Waals surface area contributed by atoms with Crippen LogP contribution in [0, 0.1) is 0 Å². The number of anilines is 1. The van der Waals surface area contributed by atoms with Gasteiger partial charge in [-0.3, -0.25) is 4.79 Å². The molecule has 0 aliphatic carbocycles. The molecule has 1 amide bonds. The van der Waals surface area contributed by atoms with Gasteiger partial charge in [-0.1, -0.05) is 13.0 Å². The summed E-state index contributed by atoms with van der Waals surface area (Å²) >= 11 is 0. The van der Waals surface area contributed by atoms with Crippen LogP contribution in [0.5, 0.6) is 0 Å². The molecule has 1 aliphatic heterocycles. The number of likely N-dealkylation sites (tertiary alicyclic amines) is 1. The molecule has 20 heavy (non-hydrogen) atoms. The summed E-state index contributed by atoms with van der Waals surface area (Å²) in [6.45, 7) is 7.25. The van der Waals surface area contributed by atoms with E-state index in [0.717, 1.165) is 31.6 Å². The van der Waals surface area contributed by atoms with Crippen LogP contribution < -0.4 is 5.32 Å². The van der Waals surface area contributed by atoms with Gasteiger partial charge in [-0.05, 0) is 51.7 Å². The standard InChI is InChI=1S/C16H25N3O/c1-4-11-17-15-10-6-9-14(18-15)16(20)19-12(2)7-5-8-13(19)3/h6,9-10,12-13H,4-5,7-8,11H2,1-3H3,(H,17,18). The monoisotopic (exact) mass is 275 g/mol. The molecule has 0 bridgehead atoms. The minimum absolute atomic E-state index is 0.0600. The lowest BCUT2D eigenvalue weighted by molar-refractivity contribution is 0.0505. The molecule has 1 aromatic rings. The summed E-state index contributed by atoms with van der Waals surface area (Å²) in [5.41, 5.74) is 0.548. The number of aromatic nitrogens is 1. The minimum atomic E-state index is 0.0600. The number of carbonyl (C=O) groups is 1. The zero-order chi connectivity index (χ0) is 14.5. The first-order chi connectivity index (χ1) is 9.63. The SMILES string of the molecule is CCCNc1cccc(C(=O)N2C(C)CCCC2C)n1. The lowest BCUT2D eigenvalue weighted by atomic mass is 9.97. The third-order valence-electron chi connectivity index (χ3n) is 3.95. The van der Waals surface area contributed by atoms with E-state index >= 15 is 0 Å². The van der Waals surface area contributed by atoms with Gasteiger partial charge in [0.1, 0.15) is 11.5 Å². The van der Waals surface area contributed by atoms with Crippen molar-refractivity contribution in [2.75, 3.05) is 11.9 Å². The highest BCUT2D eigenvalue weighted by Crippen LogP contribution is 2.24. The van der Waals surface area contributed by atoms with Crippen molar-refractivity contribution in [2.24, 2.45) is 0 Å². The third kappa shape index (κ3) is 3.30. The van der Waals surface area contributed by atoms with Gasteiger partial charge in [-0.25, -0.2) is 4.98 Å². The molecule has 2 unspecified atom stereocenters. The van der Waals surface area contributed by atoms with Gasteiger partial charge >= 0.3 is 0 Å². The van der Waals surface area contributed by atoms with Crippen molar-refractivity contribution in [3.05, 3.63) is 23.9 Å². The van der Waals surface area contributed by atoms with Crippen molar-refractivity contribution >= 4 is 11.7 Å². The second-order valence-electron chi connectivity index (χ2n) is 5.68. The molecular weight excluding hydrogens is 250 g/mol. The molecular formula is C16H25N3O. The maximum absolute atomic E-state index is 12.7. The number of nitrogens with zero attached hydrogens (tertiary/aromatic N) is 2. The average molecular weight is 275 g/mol. The highest BCUT2D eigenvalue weighted by atomic mass is 16.2. The third-order valence-corrected chi connectivity index (χ3v) is 3.95. The molecule has 4 nitrogen and oxygen atoms in total. The van der Waals surface area contributed by atoms with E-state index in [-0.39, 0.29) is 5.91 Å². The molecule has 1 fully saturated rings. The normalized spacial score (nSPS) is 22.6. The average Bonchev–Trinajstić information content (AvgIpc) is 2.45. The molecule has 0 saturated carbocycles. The fourth-order valence-corrected chi connectivity index (χ4v) is 2.86. The van der Waals surface area contributed by atoms with Gasteiger partial charge in [0.2, 0.25) is 0 Å². The summed E-state index contributed by atoms with van der Waals surface area (Å²) in [6, 6.07) is 6.24. The highest BCUT2D eigenvalue weighted by molar-refractivity contribution is 5.93. The molecule has 1 saturated heterocycles. The molecule has 110 valence electrons. The van der Waals surface area contributed by atoms with Crippen LogP contribution in [-0.4, -0.2) is 34.4 Å². The number of nitrogens with one attached hydrogen (secondary N) is 1. The lowest BCUT2D eigenvalue weighted by Crippen LogP contribution is -2.47. The fraction of sp³-hybridized carbons (Fsp3) is 0.625. The quantitative estimate of drug-likeness (QED) is 0.917. The number of rotatable bonds is 4. The zero-order valence-electron chi connectivity index (χ0n) is 12.7. The van der Waals surface area contributed by atoms with E-state index in [9.17, 15) is 4.79 Å². The van der Waals surface area contributed by atoms with Gasteiger partial charge in [-0.2, -0.15) is 0 Å². The Hall–Kier alpha value is -1.58. The summed E-state index contributed by atoms with van der Waals surface area (Å²) in [5.74, 6) is 0.847. The Labute approximate surface area is 121 Å². The van der Waals surface area contributed by atoms with E-state index in [0.29, 0.717) is 17.8 Å². The van der Waals surface area contributed by atoms with Crippen molar-refractivity contribution in [3.63, 3.8) is 0 Å². The van der Waals surface area contributed by atoms with Crippen molar-refractivity contribution in [1.82, 2.24) is 9.88 Å². The maximum Gasteiger partial charge on any atom is 0.273 e. The van der Waals surface area contributed by atoms with Crippen molar-refractivity contribution in [3.8, 4) is 0 Å². The number of amides is 1. The number of carbonyl (C=O) groups excluding carboxylic acids is 1. The predicted octanol–water partition coefficient (Wildman–Crippen LogP) is 3.31. The number of hydrogen-bond acceptors (Lipinski definition) is 3. The molecule has 1 N–H and O–H groups in total. The molecule has 2 atom stereocenters. The Kier molecular flexibility index (Phi) is 4.99. The first kappa shape index (κ1) is 14.8. The van der Waals surface area contributed by atoms with Gasteiger partial charge in [-0.15, -0.1) is 0 Å². The van der Waals surface area contributed by atoms with Crippen LogP contribution in [0.25, 0.3) is 0 Å². The van der Waals surface area contributed by atoms with Gasteiger partial charge in [0.15, 0.2) is 0 Å². The van der Waals surface area contributed by atoms with Gasteiger partial charge < -0.3 is 10.2 Å². The molecule has 2 rings (SSSR count). The van der Waals surface area contributed by atoms with E-state index in [1.54, 1.807) is 0 Å². The van der Waals surface area contributed by atoms with E-state index in [1.165, 1.54) is 6.42 Å². The summed E-state index contributed by atoms with van der Waals surface area (Å²) in [5, 5.41) is 3.23. The van der Waals surface area contributed by atoms with Crippen LogP contribution in [0.1, 0.15) is 56.9 Å². The molecule has 4 heteroatoms. The first-order valence-electron chi connectivity index (χ1n) is 7.67. The van der Waals surface area contributed by atoms with Crippen LogP contribution >= 0.6 is 0 Å². The van der Waals surface area contributed by atoms with Crippen LogP contribution in [-0.2, 0) is 0 Å². The summed E-state index contributed by atoms with van der Waals surface area (Å²) < 4.78 is 0. The molecule has 2 heterocycles. The van der Waals surface area contributed by atoms with Crippen molar-refractivity contribution < 1.29 is 4.79 Å². The fourth-order valence-electron chi connectivity index (χ4n) is 2.86.